The van der Waals surface area contributed by atoms with Gasteiger partial charge in [0.05, 0.1) is 12.5 Å². The van der Waals surface area contributed by atoms with Crippen molar-refractivity contribution in [1.29, 1.82) is 0 Å². The molecule has 0 aliphatic carbocycles. The molecule has 0 bridgehead atoms. The van der Waals surface area contributed by atoms with Gasteiger partial charge in [0.1, 0.15) is 29.9 Å². The van der Waals surface area contributed by atoms with E-state index in [1.165, 1.54) is 12.1 Å². The molecule has 0 saturated carbocycles. The summed E-state index contributed by atoms with van der Waals surface area (Å²) >= 11 is 3.85. The number of thiol groups is 1. The number of rotatable bonds is 19. The van der Waals surface area contributed by atoms with Crippen LogP contribution in [-0.4, -0.2) is 87.6 Å². The van der Waals surface area contributed by atoms with Crippen LogP contribution in [-0.2, 0) is 40.0 Å². The Morgan fingerprint density at radius 1 is 0.818 bits per heavy atom. The Kier molecular flexibility index (Phi) is 15.7. The van der Waals surface area contributed by atoms with E-state index in [-0.39, 0.29) is 30.8 Å². The predicted octanol–water partition coefficient (Wildman–Crippen LogP) is -2.60. The van der Waals surface area contributed by atoms with E-state index in [1.807, 2.05) is 0 Å². The van der Waals surface area contributed by atoms with Gasteiger partial charge in [0.2, 0.25) is 35.4 Å². The SMILES string of the molecule is CC[C@H](C)[C@H](NC(=O)[C@@H](N)Cc1ccc(O)cc1)C(=O)N[C@@H](CCC(N)=O)C(=O)N[C@@H](CC(N)=O)C(=O)N[C@@H](CS)C(=O)O. The van der Waals surface area contributed by atoms with Gasteiger partial charge in [-0.3, -0.25) is 28.8 Å². The average molecular weight is 640 g/mol. The third kappa shape index (κ3) is 12.9. The second-order valence-electron chi connectivity index (χ2n) is 10.2. The molecule has 44 heavy (non-hydrogen) atoms. The number of phenols is 1. The second-order valence-corrected chi connectivity index (χ2v) is 10.6. The third-order valence-corrected chi connectivity index (χ3v) is 7.03. The molecule has 1 aromatic rings. The zero-order valence-corrected chi connectivity index (χ0v) is 25.3. The minimum Gasteiger partial charge on any atom is -0.508 e. The van der Waals surface area contributed by atoms with Gasteiger partial charge in [0, 0.05) is 12.2 Å². The number of hydrogen-bond acceptors (Lipinski definition) is 10. The standard InChI is InChI=1S/C27H41N7O9S/c1-3-13(2)22(34-23(38)16(28)10-14-4-6-15(35)7-5-14)26(41)31-17(8-9-20(29)36)24(39)32-18(11-21(30)37)25(40)33-19(12-44)27(42)43/h4-7,13,16-19,22,35,44H,3,8-12,28H2,1-2H3,(H2,29,36)(H2,30,37)(H,31,41)(H,32,39)(H,33,40)(H,34,38)(H,42,43)/t13-,16-,17-,18-,19-,22-/m0/s1. The van der Waals surface area contributed by atoms with Crippen molar-refractivity contribution in [3.63, 3.8) is 0 Å². The van der Waals surface area contributed by atoms with Crippen LogP contribution < -0.4 is 38.5 Å². The largest absolute Gasteiger partial charge is 0.508 e. The molecule has 0 heterocycles. The average Bonchev–Trinajstić information content (AvgIpc) is 2.95. The highest BCUT2D eigenvalue weighted by atomic mass is 32.1. The Labute approximate surface area is 259 Å². The lowest BCUT2D eigenvalue weighted by Gasteiger charge is -2.28. The molecule has 0 aromatic heterocycles. The Balaban J connectivity index is 3.14. The van der Waals surface area contributed by atoms with Gasteiger partial charge in [0.25, 0.3) is 0 Å². The lowest BCUT2D eigenvalue weighted by atomic mass is 9.96. The van der Waals surface area contributed by atoms with Crippen molar-refractivity contribution in [2.75, 3.05) is 5.75 Å². The van der Waals surface area contributed by atoms with Crippen molar-refractivity contribution >= 4 is 54.0 Å². The maximum Gasteiger partial charge on any atom is 0.327 e. The molecule has 244 valence electrons. The molecule has 17 heteroatoms. The monoisotopic (exact) mass is 639 g/mol. The van der Waals surface area contributed by atoms with E-state index >= 15 is 0 Å². The van der Waals surface area contributed by atoms with E-state index in [1.54, 1.807) is 26.0 Å². The number of carbonyl (C=O) groups excluding carboxylic acids is 6. The summed E-state index contributed by atoms with van der Waals surface area (Å²) in [7, 11) is 0. The number of amides is 6. The number of nitrogens with two attached hydrogens (primary N) is 3. The van der Waals surface area contributed by atoms with Gasteiger partial charge in [-0.1, -0.05) is 32.4 Å². The maximum atomic E-state index is 13.4. The lowest BCUT2D eigenvalue weighted by molar-refractivity contribution is -0.141. The van der Waals surface area contributed by atoms with Crippen LogP contribution in [0.1, 0.15) is 45.1 Å². The summed E-state index contributed by atoms with van der Waals surface area (Å²) in [4.78, 5) is 86.6. The quantitative estimate of drug-likeness (QED) is 0.0704. The van der Waals surface area contributed by atoms with E-state index in [0.29, 0.717) is 12.0 Å². The molecule has 0 aliphatic heterocycles. The molecule has 0 spiro atoms. The van der Waals surface area contributed by atoms with E-state index in [2.05, 4.69) is 33.9 Å². The molecule has 12 N–H and O–H groups in total. The van der Waals surface area contributed by atoms with Crippen LogP contribution in [0.5, 0.6) is 5.75 Å². The number of aliphatic carboxylic acids is 1. The molecular weight excluding hydrogens is 598 g/mol. The zero-order valence-electron chi connectivity index (χ0n) is 24.4. The van der Waals surface area contributed by atoms with E-state index in [4.69, 9.17) is 17.2 Å². The van der Waals surface area contributed by atoms with Crippen LogP contribution in [0.25, 0.3) is 0 Å². The smallest absolute Gasteiger partial charge is 0.327 e. The number of nitrogens with one attached hydrogen (secondary N) is 4. The fourth-order valence-corrected chi connectivity index (χ4v) is 4.15. The number of carboxylic acids is 1. The molecule has 0 saturated heterocycles. The Morgan fingerprint density at radius 3 is 1.86 bits per heavy atom. The molecule has 0 fully saturated rings. The predicted molar refractivity (Wildman–Crippen MR) is 161 cm³/mol. The minimum absolute atomic E-state index is 0.0406. The summed E-state index contributed by atoms with van der Waals surface area (Å²) in [5.74, 6) is -7.42. The molecule has 1 rings (SSSR count). The molecule has 0 unspecified atom stereocenters. The van der Waals surface area contributed by atoms with Crippen LogP contribution in [0.15, 0.2) is 24.3 Å². The van der Waals surface area contributed by atoms with Gasteiger partial charge < -0.3 is 48.7 Å². The fraction of sp³-hybridized carbons (Fsp3) is 0.519. The van der Waals surface area contributed by atoms with Crippen molar-refractivity contribution in [3.8, 4) is 5.75 Å². The first-order valence-corrected chi connectivity index (χ1v) is 14.4. The summed E-state index contributed by atoms with van der Waals surface area (Å²) < 4.78 is 0. The summed E-state index contributed by atoms with van der Waals surface area (Å²) in [6, 6.07) is -0.699. The first kappa shape index (κ1) is 37.6. The topological polar surface area (TPSA) is 286 Å². The first-order valence-electron chi connectivity index (χ1n) is 13.7. The molecule has 0 radical (unpaired) electrons. The highest BCUT2D eigenvalue weighted by Crippen LogP contribution is 2.13. The molecule has 0 aliphatic rings. The van der Waals surface area contributed by atoms with Crippen molar-refractivity contribution in [2.24, 2.45) is 23.1 Å². The van der Waals surface area contributed by atoms with Crippen LogP contribution in [0.3, 0.4) is 0 Å². The lowest BCUT2D eigenvalue weighted by Crippen LogP contribution is -2.60. The van der Waals surface area contributed by atoms with E-state index in [0.717, 1.165) is 0 Å². The Hall–Kier alpha value is -4.38. The highest BCUT2D eigenvalue weighted by molar-refractivity contribution is 7.80. The van der Waals surface area contributed by atoms with Gasteiger partial charge in [-0.2, -0.15) is 12.6 Å². The number of aromatic hydroxyl groups is 1. The summed E-state index contributed by atoms with van der Waals surface area (Å²) in [5.41, 5.74) is 17.2. The van der Waals surface area contributed by atoms with Crippen LogP contribution in [0, 0.1) is 5.92 Å². The number of hydrogen-bond donors (Lipinski definition) is 10. The van der Waals surface area contributed by atoms with Crippen LogP contribution in [0.4, 0.5) is 0 Å². The number of primary amides is 2. The summed E-state index contributed by atoms with van der Waals surface area (Å²) in [6.45, 7) is 3.45. The number of carboxylic acid groups (broad SMARTS) is 1. The zero-order chi connectivity index (χ0) is 33.6. The Bertz CT molecular complexity index is 1200. The Morgan fingerprint density at radius 2 is 1.36 bits per heavy atom. The first-order chi connectivity index (χ1) is 20.6. The number of phenolic OH excluding ortho intramolecular Hbond substituents is 1. The van der Waals surface area contributed by atoms with Crippen molar-refractivity contribution in [2.45, 2.75) is 76.2 Å². The molecule has 1 aromatic carbocycles. The number of carbonyl (C=O) groups is 7. The third-order valence-electron chi connectivity index (χ3n) is 6.67. The van der Waals surface area contributed by atoms with Crippen molar-refractivity contribution < 1.29 is 43.8 Å². The highest BCUT2D eigenvalue weighted by Gasteiger charge is 2.34. The van der Waals surface area contributed by atoms with Gasteiger partial charge in [-0.25, -0.2) is 4.79 Å². The fourth-order valence-electron chi connectivity index (χ4n) is 3.90. The maximum absolute atomic E-state index is 13.4. The summed E-state index contributed by atoms with van der Waals surface area (Å²) in [5, 5.41) is 28.1. The second kappa shape index (κ2) is 18.3. The van der Waals surface area contributed by atoms with Gasteiger partial charge in [0.15, 0.2) is 0 Å². The molecule has 6 atom stereocenters. The van der Waals surface area contributed by atoms with Crippen molar-refractivity contribution in [3.05, 3.63) is 29.8 Å². The van der Waals surface area contributed by atoms with Crippen LogP contribution >= 0.6 is 12.6 Å². The van der Waals surface area contributed by atoms with E-state index < -0.39 is 84.0 Å². The minimum atomic E-state index is -1.63. The molecule has 16 nitrogen and oxygen atoms in total. The number of benzene rings is 1. The van der Waals surface area contributed by atoms with E-state index in [9.17, 15) is 43.8 Å². The summed E-state index contributed by atoms with van der Waals surface area (Å²) in [6.07, 6.45) is -0.848. The normalized spacial score (nSPS) is 14.9. The molecule has 6 amide bonds. The van der Waals surface area contributed by atoms with Gasteiger partial charge in [-0.15, -0.1) is 0 Å². The molecular formula is C27H41N7O9S. The van der Waals surface area contributed by atoms with Crippen LogP contribution in [0.2, 0.25) is 0 Å². The van der Waals surface area contributed by atoms with Gasteiger partial charge >= 0.3 is 5.97 Å². The van der Waals surface area contributed by atoms with Gasteiger partial charge in [-0.05, 0) is 36.5 Å². The van der Waals surface area contributed by atoms with Crippen molar-refractivity contribution in [1.82, 2.24) is 21.3 Å².